The molecule has 69 heavy (non-hydrogen) atoms. The molecule has 6 aromatic rings. The molecule has 23 nitrogen and oxygen atoms in total. The Morgan fingerprint density at radius 1 is 0.826 bits per heavy atom. The molecule has 0 saturated carbocycles. The number of carbonyl (C=O) groups is 5. The van der Waals surface area contributed by atoms with Crippen LogP contribution in [0.2, 0.25) is 0 Å². The molecule has 0 aliphatic rings. The van der Waals surface area contributed by atoms with Crippen molar-refractivity contribution in [1.29, 1.82) is 0 Å². The van der Waals surface area contributed by atoms with Crippen molar-refractivity contribution in [3.63, 3.8) is 0 Å². The molecule has 2 aromatic carbocycles. The number of primary amides is 2. The first-order valence-electron chi connectivity index (χ1n) is 21.7. The highest BCUT2D eigenvalue weighted by Crippen LogP contribution is 2.33. The quantitative estimate of drug-likeness (QED) is 0.0426. The van der Waals surface area contributed by atoms with Crippen LogP contribution < -0.4 is 37.9 Å². The van der Waals surface area contributed by atoms with E-state index in [9.17, 15) is 29.1 Å². The van der Waals surface area contributed by atoms with Gasteiger partial charge < -0.3 is 40.9 Å². The number of nitrogens with zero attached hydrogens (tertiary/aromatic N) is 9. The van der Waals surface area contributed by atoms with Crippen molar-refractivity contribution in [3.05, 3.63) is 101 Å². The van der Waals surface area contributed by atoms with E-state index in [1.165, 1.54) is 36.5 Å². The van der Waals surface area contributed by atoms with E-state index in [-0.39, 0.29) is 88.7 Å². The SMILES string of the molecule is CCN=C(/C=C(/C)N)C(=O)Nc1nc2cc(C(N)=O)cc(OC/C=C/Cn3cc(NC(=O)OC(C)(C)C)cn3)c2n1C/C=C/Cn1c(NC(=O)c2cc(C)nn2CC)nc2cc(C(N)=O)cc(O)c21. The van der Waals surface area contributed by atoms with Crippen molar-refractivity contribution in [2.24, 2.45) is 22.2 Å². The third-order valence-corrected chi connectivity index (χ3v) is 9.82. The minimum absolute atomic E-state index is 0.0118. The maximum Gasteiger partial charge on any atom is 0.412 e. The number of fused-ring (bicyclic) bond motifs is 2. The lowest BCUT2D eigenvalue weighted by molar-refractivity contribution is -0.110. The minimum Gasteiger partial charge on any atom is -0.506 e. The Labute approximate surface area is 395 Å². The number of carbonyl (C=O) groups excluding carboxylic acids is 5. The fourth-order valence-corrected chi connectivity index (χ4v) is 6.98. The highest BCUT2D eigenvalue weighted by atomic mass is 16.6. The minimum atomic E-state index is -0.784. The monoisotopic (exact) mass is 945 g/mol. The van der Waals surface area contributed by atoms with E-state index in [1.54, 1.807) is 96.6 Å². The Morgan fingerprint density at radius 2 is 1.45 bits per heavy atom. The molecule has 10 N–H and O–H groups in total. The van der Waals surface area contributed by atoms with E-state index in [4.69, 9.17) is 31.7 Å². The number of rotatable bonds is 19. The van der Waals surface area contributed by atoms with E-state index >= 15 is 0 Å². The van der Waals surface area contributed by atoms with Gasteiger partial charge in [0.2, 0.25) is 23.7 Å². The van der Waals surface area contributed by atoms with Crippen molar-refractivity contribution in [2.75, 3.05) is 29.1 Å². The van der Waals surface area contributed by atoms with Gasteiger partial charge in [-0.25, -0.2) is 14.8 Å². The molecule has 23 heteroatoms. The summed E-state index contributed by atoms with van der Waals surface area (Å²) in [5, 5.41) is 28.1. The van der Waals surface area contributed by atoms with Crippen molar-refractivity contribution < 1.29 is 38.6 Å². The molecule has 0 aliphatic carbocycles. The van der Waals surface area contributed by atoms with Crippen LogP contribution in [0.5, 0.6) is 11.5 Å². The van der Waals surface area contributed by atoms with E-state index in [2.05, 4.69) is 36.1 Å². The summed E-state index contributed by atoms with van der Waals surface area (Å²) in [6, 6.07) is 7.21. The number of nitrogens with two attached hydrogens (primary N) is 3. The second-order valence-corrected chi connectivity index (χ2v) is 16.5. The normalized spacial score (nSPS) is 12.3. The zero-order chi connectivity index (χ0) is 50.2. The van der Waals surface area contributed by atoms with E-state index in [0.717, 1.165) is 0 Å². The van der Waals surface area contributed by atoms with Gasteiger partial charge in [0.25, 0.3) is 11.8 Å². The molecule has 0 spiro atoms. The van der Waals surface area contributed by atoms with Crippen molar-refractivity contribution >= 4 is 75.1 Å². The number of allylic oxidation sites excluding steroid dienone is 4. The Hall–Kier alpha value is -8.76. The highest BCUT2D eigenvalue weighted by molar-refractivity contribution is 6.47. The number of nitrogens with one attached hydrogen (secondary N) is 3. The zero-order valence-electron chi connectivity index (χ0n) is 39.2. The fourth-order valence-electron chi connectivity index (χ4n) is 6.98. The standard InChI is InChI=1S/C46H55N15O8/c1-8-50-33(18-26(3)47)41(65)55-43-54-32-21-29(40(49)64)23-36(68-17-13-12-14-58-25-30(24-51-58)52-45(67)69-46(5,6)7)38(32)60(43)16-11-10-15-59-37-31(20-28(39(48)63)22-35(37)62)53-44(59)56-42(66)34-19-27(4)57-61(34)9-2/h10-13,18-25,62H,8-9,14-17,47H2,1-7H3,(H2,48,63)(H2,49,64)(H,52,67)(H,53,56,66)(H,54,55,65)/b11-10+,13-12+,26-18-,50-33?. The molecule has 0 radical (unpaired) electrons. The first kappa shape index (κ1) is 49.7. The number of anilines is 3. The van der Waals surface area contributed by atoms with Gasteiger partial charge in [-0.2, -0.15) is 10.2 Å². The summed E-state index contributed by atoms with van der Waals surface area (Å²) in [7, 11) is 0. The van der Waals surface area contributed by atoms with Gasteiger partial charge in [-0.15, -0.1) is 0 Å². The summed E-state index contributed by atoms with van der Waals surface area (Å²) in [4.78, 5) is 77.8. The van der Waals surface area contributed by atoms with Gasteiger partial charge in [-0.05, 0) is 91.0 Å². The largest absolute Gasteiger partial charge is 0.506 e. The van der Waals surface area contributed by atoms with Crippen LogP contribution in [0.4, 0.5) is 22.4 Å². The van der Waals surface area contributed by atoms with Gasteiger partial charge in [0.1, 0.15) is 46.1 Å². The molecule has 0 fully saturated rings. The topological polar surface area (TPSA) is 322 Å². The van der Waals surface area contributed by atoms with Crippen molar-refractivity contribution in [2.45, 2.75) is 80.2 Å². The highest BCUT2D eigenvalue weighted by Gasteiger charge is 2.23. The average Bonchev–Trinajstić information content (AvgIpc) is 4.05. The second-order valence-electron chi connectivity index (χ2n) is 16.5. The number of hydrogen-bond acceptors (Lipinski definition) is 14. The predicted molar refractivity (Wildman–Crippen MR) is 259 cm³/mol. The number of phenolic OH excluding ortho intramolecular Hbond substituents is 1. The summed E-state index contributed by atoms with van der Waals surface area (Å²) < 4.78 is 17.9. The first-order valence-corrected chi connectivity index (χ1v) is 21.7. The molecule has 362 valence electrons. The number of aromatic nitrogens is 8. The lowest BCUT2D eigenvalue weighted by Gasteiger charge is -2.19. The summed E-state index contributed by atoms with van der Waals surface area (Å²) in [5.74, 6) is -2.64. The lowest BCUT2D eigenvalue weighted by Crippen LogP contribution is -2.27. The van der Waals surface area contributed by atoms with Crippen LogP contribution in [-0.4, -0.2) is 98.0 Å². The summed E-state index contributed by atoms with van der Waals surface area (Å²) in [5.41, 5.74) is 19.5. The second kappa shape index (κ2) is 21.3. The number of phenols is 1. The molecule has 0 saturated heterocycles. The summed E-state index contributed by atoms with van der Waals surface area (Å²) >= 11 is 0. The molecule has 0 bridgehead atoms. The number of benzene rings is 2. The molecule has 6 rings (SSSR count). The Balaban J connectivity index is 1.33. The van der Waals surface area contributed by atoms with Gasteiger partial charge in [0, 0.05) is 49.2 Å². The Morgan fingerprint density at radius 3 is 2.07 bits per heavy atom. The van der Waals surface area contributed by atoms with E-state index in [1.807, 2.05) is 6.92 Å². The van der Waals surface area contributed by atoms with E-state index < -0.39 is 35.3 Å². The maximum absolute atomic E-state index is 13.7. The molecular weight excluding hydrogens is 891 g/mol. The number of aromatic hydroxyl groups is 1. The fraction of sp³-hybridized carbons (Fsp3) is 0.304. The molecule has 4 aromatic heterocycles. The van der Waals surface area contributed by atoms with Crippen LogP contribution in [0.25, 0.3) is 22.1 Å². The number of aliphatic imine (C=N–C) groups is 1. The Kier molecular flexibility index (Phi) is 15.3. The Bertz CT molecular complexity index is 3060. The van der Waals surface area contributed by atoms with Gasteiger partial charge in [0.05, 0.1) is 35.2 Å². The third kappa shape index (κ3) is 12.4. The molecule has 0 unspecified atom stereocenters. The molecular formula is C46H55N15O8. The van der Waals surface area contributed by atoms with Gasteiger partial charge in [-0.1, -0.05) is 18.2 Å². The number of hydrogen-bond donors (Lipinski definition) is 7. The molecule has 0 aliphatic heterocycles. The molecule has 5 amide bonds. The lowest BCUT2D eigenvalue weighted by atomic mass is 10.1. The van der Waals surface area contributed by atoms with Crippen LogP contribution >= 0.6 is 0 Å². The van der Waals surface area contributed by atoms with Crippen molar-refractivity contribution in [1.82, 2.24) is 38.7 Å². The first-order chi connectivity index (χ1) is 32.7. The van der Waals surface area contributed by atoms with Crippen LogP contribution in [0.3, 0.4) is 0 Å². The van der Waals surface area contributed by atoms with Crippen LogP contribution in [0, 0.1) is 6.92 Å². The van der Waals surface area contributed by atoms with Crippen LogP contribution in [-0.2, 0) is 35.7 Å². The van der Waals surface area contributed by atoms with E-state index in [0.29, 0.717) is 35.7 Å². The number of aryl methyl sites for hydroxylation is 2. The van der Waals surface area contributed by atoms with Gasteiger partial charge >= 0.3 is 6.09 Å². The average molecular weight is 946 g/mol. The van der Waals surface area contributed by atoms with Crippen LogP contribution in [0.15, 0.2) is 83.8 Å². The predicted octanol–water partition coefficient (Wildman–Crippen LogP) is 4.76. The number of imidazole rings is 2. The summed E-state index contributed by atoms with van der Waals surface area (Å²) in [6.07, 6.45) is 10.9. The summed E-state index contributed by atoms with van der Waals surface area (Å²) in [6.45, 7) is 13.4. The maximum atomic E-state index is 13.7. The molecule has 0 atom stereocenters. The van der Waals surface area contributed by atoms with Crippen molar-refractivity contribution in [3.8, 4) is 11.5 Å². The smallest absolute Gasteiger partial charge is 0.412 e. The third-order valence-electron chi connectivity index (χ3n) is 9.82. The molecule has 4 heterocycles. The van der Waals surface area contributed by atoms with Gasteiger partial charge in [-0.3, -0.25) is 49.5 Å². The zero-order valence-corrected chi connectivity index (χ0v) is 39.2. The van der Waals surface area contributed by atoms with Crippen LogP contribution in [0.1, 0.15) is 78.4 Å². The number of ether oxygens (including phenoxy) is 2. The number of amides is 5. The van der Waals surface area contributed by atoms with Gasteiger partial charge in [0.15, 0.2) is 0 Å².